The lowest BCUT2D eigenvalue weighted by Gasteiger charge is -2.43. The van der Waals surface area contributed by atoms with Gasteiger partial charge < -0.3 is 32.8 Å². The van der Waals surface area contributed by atoms with Crippen LogP contribution in [0.3, 0.4) is 0 Å². The van der Waals surface area contributed by atoms with E-state index in [1.165, 1.54) is 36.7 Å². The Balaban J connectivity index is 0.00000820. The van der Waals surface area contributed by atoms with Crippen LogP contribution in [0.1, 0.15) is 66.4 Å². The van der Waals surface area contributed by atoms with E-state index >= 15 is 8.42 Å². The monoisotopic (exact) mass is 1180 g/mol. The fourth-order valence-electron chi connectivity index (χ4n) is 11.3. The summed E-state index contributed by atoms with van der Waals surface area (Å²) in [6.45, 7) is 17.0. The zero-order valence-corrected chi connectivity index (χ0v) is 50.7. The summed E-state index contributed by atoms with van der Waals surface area (Å²) in [5.41, 5.74) is 1.01. The third-order valence-corrected chi connectivity index (χ3v) is 31.4. The molecule has 0 N–H and O–H groups in total. The average Bonchev–Trinajstić information content (AvgIpc) is 3.42. The highest BCUT2D eigenvalue weighted by Crippen LogP contribution is 2.57. The SMILES string of the molecule is Cc1ccc(S(=O)(=O)N(CCCCO[Si](c2ccccc2)(c2ccccc2)C(C)(C)C)C(CCO[Si](c2ccccc2)(c2ccccc2)C(C)(C)C)C[P+](c2ccccc2)(c2ccccc2)c2ccccc2)cc1.[I-]. The summed E-state index contributed by atoms with van der Waals surface area (Å²) < 4.78 is 48.9. The van der Waals surface area contributed by atoms with Crippen molar-refractivity contribution < 1.29 is 41.2 Å². The minimum Gasteiger partial charge on any atom is -1.00 e. The molecule has 75 heavy (non-hydrogen) atoms. The summed E-state index contributed by atoms with van der Waals surface area (Å²) in [5.74, 6) is 0. The molecule has 0 fully saturated rings. The Morgan fingerprint density at radius 2 is 0.773 bits per heavy atom. The molecule has 1 atom stereocenters. The van der Waals surface area contributed by atoms with Crippen LogP contribution in [0.15, 0.2) is 241 Å². The summed E-state index contributed by atoms with van der Waals surface area (Å²) in [7, 11) is -12.5. The first-order valence-corrected chi connectivity index (χ1v) is 33.5. The maximum atomic E-state index is 15.9. The Labute approximate surface area is 469 Å². The van der Waals surface area contributed by atoms with Gasteiger partial charge in [0.1, 0.15) is 23.2 Å². The van der Waals surface area contributed by atoms with Crippen molar-refractivity contribution in [3.63, 3.8) is 0 Å². The van der Waals surface area contributed by atoms with Gasteiger partial charge in [-0.25, -0.2) is 8.42 Å². The van der Waals surface area contributed by atoms with Crippen LogP contribution >= 0.6 is 7.26 Å². The largest absolute Gasteiger partial charge is 1.00 e. The van der Waals surface area contributed by atoms with Crippen LogP contribution in [0.2, 0.25) is 10.1 Å². The molecule has 0 radical (unpaired) electrons. The molecule has 390 valence electrons. The molecule has 0 saturated heterocycles. The smallest absolute Gasteiger partial charge is 0.261 e. The maximum Gasteiger partial charge on any atom is 0.261 e. The molecule has 8 aromatic carbocycles. The molecule has 8 aromatic rings. The van der Waals surface area contributed by atoms with Gasteiger partial charge in [-0.2, -0.15) is 4.31 Å². The number of hydrogen-bond donors (Lipinski definition) is 0. The van der Waals surface area contributed by atoms with Gasteiger partial charge in [-0.15, -0.1) is 0 Å². The van der Waals surface area contributed by atoms with Crippen molar-refractivity contribution in [2.24, 2.45) is 0 Å². The van der Waals surface area contributed by atoms with Crippen molar-refractivity contribution >= 4 is 70.6 Å². The topological polar surface area (TPSA) is 55.8 Å². The molecule has 5 nitrogen and oxygen atoms in total. The van der Waals surface area contributed by atoms with E-state index in [4.69, 9.17) is 8.85 Å². The second-order valence-corrected chi connectivity index (χ2v) is 35.6. The van der Waals surface area contributed by atoms with E-state index in [0.29, 0.717) is 50.1 Å². The zero-order chi connectivity index (χ0) is 52.3. The first-order chi connectivity index (χ1) is 35.6. The minimum absolute atomic E-state index is 0. The van der Waals surface area contributed by atoms with Crippen molar-refractivity contribution in [3.05, 3.63) is 242 Å². The van der Waals surface area contributed by atoms with E-state index in [0.717, 1.165) is 5.56 Å². The van der Waals surface area contributed by atoms with Crippen molar-refractivity contribution in [2.45, 2.75) is 88.7 Å². The van der Waals surface area contributed by atoms with E-state index in [-0.39, 0.29) is 34.1 Å². The fraction of sp³-hybridized carbons (Fsp3) is 0.262. The zero-order valence-electron chi connectivity index (χ0n) is 44.9. The number of aryl methyl sites for hydroxylation is 1. The van der Waals surface area contributed by atoms with E-state index in [9.17, 15) is 0 Å². The molecule has 0 amide bonds. The van der Waals surface area contributed by atoms with Gasteiger partial charge in [0.15, 0.2) is 0 Å². The second kappa shape index (κ2) is 25.6. The normalized spacial score (nSPS) is 13.0. The van der Waals surface area contributed by atoms with Crippen molar-refractivity contribution in [3.8, 4) is 0 Å². The Morgan fingerprint density at radius 1 is 0.453 bits per heavy atom. The van der Waals surface area contributed by atoms with Crippen LogP contribution < -0.4 is 60.6 Å². The Kier molecular flexibility index (Phi) is 19.7. The van der Waals surface area contributed by atoms with Crippen molar-refractivity contribution in [1.29, 1.82) is 0 Å². The summed E-state index contributed by atoms with van der Waals surface area (Å²) in [6.07, 6.45) is 2.32. The van der Waals surface area contributed by atoms with Crippen LogP contribution in [0.25, 0.3) is 0 Å². The first kappa shape index (κ1) is 57.9. The Hall–Kier alpha value is -4.82. The van der Waals surface area contributed by atoms with E-state index in [1.54, 1.807) is 12.1 Å². The molecule has 0 aliphatic heterocycles. The van der Waals surface area contributed by atoms with Gasteiger partial charge in [0, 0.05) is 19.8 Å². The van der Waals surface area contributed by atoms with Crippen LogP contribution in [0.5, 0.6) is 0 Å². The molecule has 0 aliphatic carbocycles. The molecular weight excluding hydrogens is 1100 g/mol. The molecule has 1 unspecified atom stereocenters. The highest BCUT2D eigenvalue weighted by molar-refractivity contribution is 7.95. The lowest BCUT2D eigenvalue weighted by molar-refractivity contribution is -0.0000192. The van der Waals surface area contributed by atoms with E-state index in [2.05, 4.69) is 254 Å². The number of rotatable bonds is 22. The van der Waals surface area contributed by atoms with E-state index in [1.807, 2.05) is 23.4 Å². The highest BCUT2D eigenvalue weighted by Gasteiger charge is 2.53. The lowest BCUT2D eigenvalue weighted by atomic mass is 10.2. The quantitative estimate of drug-likeness (QED) is 0.0296. The Bertz CT molecular complexity index is 2900. The number of nitrogens with zero attached hydrogens (tertiary/aromatic N) is 1. The molecule has 0 spiro atoms. The van der Waals surface area contributed by atoms with Gasteiger partial charge in [-0.3, -0.25) is 0 Å². The number of benzene rings is 8. The number of unbranched alkanes of at least 4 members (excludes halogenated alkanes) is 1. The lowest BCUT2D eigenvalue weighted by Crippen LogP contribution is -3.00. The molecule has 0 aliphatic rings. The predicted octanol–water partition coefficient (Wildman–Crippen LogP) is 8.68. The predicted molar refractivity (Wildman–Crippen MR) is 320 cm³/mol. The maximum absolute atomic E-state index is 15.9. The molecule has 10 heteroatoms. The Morgan fingerprint density at radius 3 is 1.11 bits per heavy atom. The van der Waals surface area contributed by atoms with Crippen LogP contribution in [-0.2, 0) is 18.9 Å². The van der Waals surface area contributed by atoms with Crippen molar-refractivity contribution in [1.82, 2.24) is 4.31 Å². The first-order valence-electron chi connectivity index (χ1n) is 26.3. The molecule has 0 heterocycles. The van der Waals surface area contributed by atoms with Gasteiger partial charge in [-0.05, 0) is 106 Å². The van der Waals surface area contributed by atoms with Gasteiger partial charge in [-0.1, -0.05) is 235 Å². The minimum atomic E-state index is -4.08. The van der Waals surface area contributed by atoms with Gasteiger partial charge >= 0.3 is 0 Å². The molecular formula is C65H75INO4PSSi2. The number of halogens is 1. The van der Waals surface area contributed by atoms with Crippen molar-refractivity contribution in [2.75, 3.05) is 25.9 Å². The van der Waals surface area contributed by atoms with Gasteiger partial charge in [0.05, 0.1) is 17.1 Å². The summed E-state index contributed by atoms with van der Waals surface area (Å²) in [4.78, 5) is 0.299. The van der Waals surface area contributed by atoms with Crippen LogP contribution in [-0.4, -0.2) is 61.3 Å². The van der Waals surface area contributed by atoms with Crippen LogP contribution in [0, 0.1) is 6.92 Å². The third-order valence-electron chi connectivity index (χ3n) is 14.8. The average molecular weight is 1180 g/mol. The number of hydrogen-bond acceptors (Lipinski definition) is 4. The molecule has 0 saturated carbocycles. The summed E-state index contributed by atoms with van der Waals surface area (Å²) in [6, 6.07) is 82.4. The number of sulfonamides is 1. The summed E-state index contributed by atoms with van der Waals surface area (Å²) >= 11 is 0. The molecule has 8 rings (SSSR count). The van der Waals surface area contributed by atoms with Gasteiger partial charge in [0.25, 0.3) is 16.6 Å². The third kappa shape index (κ3) is 12.5. The fourth-order valence-corrected chi connectivity index (χ4v) is 26.8. The van der Waals surface area contributed by atoms with Crippen LogP contribution in [0.4, 0.5) is 0 Å². The second-order valence-electron chi connectivity index (χ2n) is 21.6. The summed E-state index contributed by atoms with van der Waals surface area (Å²) in [5, 5.41) is 8.02. The molecule has 0 aromatic heterocycles. The van der Waals surface area contributed by atoms with E-state index < -0.39 is 40.0 Å². The molecule has 0 bridgehead atoms. The van der Waals surface area contributed by atoms with Gasteiger partial charge in [0.2, 0.25) is 10.0 Å². The highest BCUT2D eigenvalue weighted by atomic mass is 127. The standard InChI is InChI=1S/C65H75NO4PSSi2.HI/c1-54-45-47-59(48-46-54)72(67,68)66(50-29-30-51-69-73(64(2,3)4,60-37-21-11-22-38-60)61-39-23-12-24-40-61)55(49-52-70-74(65(5,6)7,62-41-25-13-26-42-62)63-43-27-14-28-44-63)53-71(56-31-15-8-16-32-56,57-33-17-9-18-34-57)58-35-19-10-20-36-58;/h8-28,31-48,55H,29-30,49-53H2,1-7H3;1H/q+1;/p-1.